The van der Waals surface area contributed by atoms with Gasteiger partial charge in [0.05, 0.1) is 0 Å². The van der Waals surface area contributed by atoms with Crippen molar-refractivity contribution in [3.63, 3.8) is 0 Å². The van der Waals surface area contributed by atoms with Crippen molar-refractivity contribution in [2.45, 2.75) is 45.4 Å². The lowest BCUT2D eigenvalue weighted by atomic mass is 10.0. The van der Waals surface area contributed by atoms with Crippen LogP contribution in [-0.4, -0.2) is 22.7 Å². The summed E-state index contributed by atoms with van der Waals surface area (Å²) in [5.74, 6) is -0.486. The number of rotatable bonds is 7. The van der Waals surface area contributed by atoms with E-state index in [1.165, 1.54) is 0 Å². The van der Waals surface area contributed by atoms with Crippen molar-refractivity contribution in [2.75, 3.05) is 0 Å². The Morgan fingerprint density at radius 3 is 2.62 bits per heavy atom. The largest absolute Gasteiger partial charge is 0.480 e. The molecule has 0 bridgehead atoms. The smallest absolute Gasteiger partial charge is 0.320 e. The quantitative estimate of drug-likeness (QED) is 0.670. The summed E-state index contributed by atoms with van der Waals surface area (Å²) in [4.78, 5) is 10.8. The zero-order valence-corrected chi connectivity index (χ0v) is 12.8. The highest BCUT2D eigenvalue weighted by atomic mass is 16.5. The van der Waals surface area contributed by atoms with Gasteiger partial charge in [-0.3, -0.25) is 4.79 Å². The number of aliphatic carboxylic acids is 1. The minimum Gasteiger partial charge on any atom is -0.480 e. The van der Waals surface area contributed by atoms with E-state index in [2.05, 4.69) is 11.9 Å². The number of nitrogens with two attached hydrogens (primary N) is 1. The first-order chi connectivity index (χ1) is 9.67. The van der Waals surface area contributed by atoms with E-state index in [0.29, 0.717) is 18.8 Å². The molecule has 0 fully saturated rings. The molecule has 21 heavy (non-hydrogen) atoms. The predicted octanol–water partition coefficient (Wildman–Crippen LogP) is 2.02. The van der Waals surface area contributed by atoms with Gasteiger partial charge in [-0.05, 0) is 44.9 Å². The number of ether oxygens (including phenoxy) is 1. The summed E-state index contributed by atoms with van der Waals surface area (Å²) in [7, 11) is 0. The minimum atomic E-state index is -0.995. The van der Waals surface area contributed by atoms with Crippen LogP contribution >= 0.6 is 0 Å². The molecule has 5 nitrogen and oxygen atoms in total. The zero-order valence-electron chi connectivity index (χ0n) is 12.8. The molecule has 116 valence electrons. The van der Waals surface area contributed by atoms with Crippen LogP contribution in [0.2, 0.25) is 0 Å². The first-order valence-electron chi connectivity index (χ1n) is 6.85. The number of hydrogen-bond acceptors (Lipinski definition) is 4. The molecule has 1 aromatic rings. The van der Waals surface area contributed by atoms with E-state index < -0.39 is 12.0 Å². The maximum absolute atomic E-state index is 10.8. The lowest BCUT2D eigenvalue weighted by molar-refractivity contribution is -0.138. The molecule has 1 atom stereocenters. The fraction of sp³-hybridized carbons (Fsp3) is 0.438. The number of carboxylic acid groups (broad SMARTS) is 1. The molecule has 0 aliphatic carbocycles. The fourth-order valence-corrected chi connectivity index (χ4v) is 1.81. The highest BCUT2D eigenvalue weighted by Crippen LogP contribution is 2.12. The van der Waals surface area contributed by atoms with E-state index in [1.807, 2.05) is 45.0 Å². The summed E-state index contributed by atoms with van der Waals surface area (Å²) in [6.45, 7) is 10.2. The Balaban J connectivity index is 2.57. The molecule has 4 N–H and O–H groups in total. The van der Waals surface area contributed by atoms with Crippen LogP contribution in [0.15, 0.2) is 36.7 Å². The molecule has 0 aliphatic heterocycles. The SMILES string of the molecule is C=C(NCc1cccc(CC(N)C(=O)O)c1)OC(C)(C)C. The van der Waals surface area contributed by atoms with Gasteiger partial charge in [0.2, 0.25) is 0 Å². The minimum absolute atomic E-state index is 0.291. The van der Waals surface area contributed by atoms with Crippen molar-refractivity contribution in [2.24, 2.45) is 5.73 Å². The van der Waals surface area contributed by atoms with Crippen LogP contribution in [0.1, 0.15) is 31.9 Å². The molecule has 0 heterocycles. The normalized spacial score (nSPS) is 12.6. The predicted molar refractivity (Wildman–Crippen MR) is 82.6 cm³/mol. The van der Waals surface area contributed by atoms with Crippen LogP contribution in [0.4, 0.5) is 0 Å². The second-order valence-electron chi connectivity index (χ2n) is 5.96. The Hall–Kier alpha value is -2.01. The highest BCUT2D eigenvalue weighted by Gasteiger charge is 2.13. The molecule has 0 radical (unpaired) electrons. The van der Waals surface area contributed by atoms with E-state index in [1.54, 1.807) is 0 Å². The van der Waals surface area contributed by atoms with Gasteiger partial charge in [-0.15, -0.1) is 0 Å². The van der Waals surface area contributed by atoms with E-state index in [0.717, 1.165) is 11.1 Å². The maximum atomic E-state index is 10.8. The van der Waals surface area contributed by atoms with Crippen molar-refractivity contribution in [1.29, 1.82) is 0 Å². The first kappa shape index (κ1) is 17.0. The second kappa shape index (κ2) is 7.13. The molecule has 0 saturated carbocycles. The number of hydrogen-bond donors (Lipinski definition) is 3. The third-order valence-electron chi connectivity index (χ3n) is 2.68. The topological polar surface area (TPSA) is 84.6 Å². The molecule has 0 aromatic heterocycles. The van der Waals surface area contributed by atoms with Crippen LogP contribution in [0.25, 0.3) is 0 Å². The molecule has 0 spiro atoms. The van der Waals surface area contributed by atoms with Crippen molar-refractivity contribution in [3.05, 3.63) is 47.9 Å². The van der Waals surface area contributed by atoms with E-state index in [4.69, 9.17) is 15.6 Å². The Labute approximate surface area is 125 Å². The molecule has 0 aliphatic rings. The van der Waals surface area contributed by atoms with Gasteiger partial charge >= 0.3 is 5.97 Å². The average Bonchev–Trinajstić information content (AvgIpc) is 2.34. The average molecular weight is 292 g/mol. The monoisotopic (exact) mass is 292 g/mol. The maximum Gasteiger partial charge on any atom is 0.320 e. The summed E-state index contributed by atoms with van der Waals surface area (Å²) in [6.07, 6.45) is 0.308. The van der Waals surface area contributed by atoms with Crippen LogP contribution in [0.3, 0.4) is 0 Å². The fourth-order valence-electron chi connectivity index (χ4n) is 1.81. The van der Waals surface area contributed by atoms with Gasteiger partial charge in [0.15, 0.2) is 5.88 Å². The number of carbonyl (C=O) groups is 1. The van der Waals surface area contributed by atoms with Crippen molar-refractivity contribution in [1.82, 2.24) is 5.32 Å². The first-order valence-corrected chi connectivity index (χ1v) is 6.85. The summed E-state index contributed by atoms with van der Waals surface area (Å²) in [5, 5.41) is 11.9. The molecular weight excluding hydrogens is 268 g/mol. The number of carboxylic acids is 1. The Morgan fingerprint density at radius 2 is 2.05 bits per heavy atom. The summed E-state index contributed by atoms with van der Waals surface area (Å²) in [5.41, 5.74) is 7.16. The molecular formula is C16H24N2O3. The van der Waals surface area contributed by atoms with Gasteiger partial charge in [0.25, 0.3) is 0 Å². The summed E-state index contributed by atoms with van der Waals surface area (Å²) < 4.78 is 5.58. The van der Waals surface area contributed by atoms with E-state index in [-0.39, 0.29) is 5.60 Å². The lowest BCUT2D eigenvalue weighted by Crippen LogP contribution is -2.32. The van der Waals surface area contributed by atoms with Crippen LogP contribution in [0.5, 0.6) is 0 Å². The lowest BCUT2D eigenvalue weighted by Gasteiger charge is -2.23. The molecule has 1 unspecified atom stereocenters. The third-order valence-corrected chi connectivity index (χ3v) is 2.68. The van der Waals surface area contributed by atoms with Gasteiger partial charge in [-0.1, -0.05) is 24.3 Å². The van der Waals surface area contributed by atoms with Gasteiger partial charge in [0.1, 0.15) is 11.6 Å². The van der Waals surface area contributed by atoms with Gasteiger partial charge in [0, 0.05) is 6.54 Å². The molecule has 0 saturated heterocycles. The van der Waals surface area contributed by atoms with Crippen molar-refractivity contribution >= 4 is 5.97 Å². The van der Waals surface area contributed by atoms with Crippen LogP contribution in [-0.2, 0) is 22.5 Å². The Bertz CT molecular complexity index is 506. The molecule has 1 aromatic carbocycles. The van der Waals surface area contributed by atoms with E-state index >= 15 is 0 Å². The number of benzene rings is 1. The summed E-state index contributed by atoms with van der Waals surface area (Å²) in [6, 6.07) is 6.75. The third kappa shape index (κ3) is 6.81. The van der Waals surface area contributed by atoms with Gasteiger partial charge in [-0.2, -0.15) is 0 Å². The summed E-state index contributed by atoms with van der Waals surface area (Å²) >= 11 is 0. The second-order valence-corrected chi connectivity index (χ2v) is 5.96. The molecule has 1 rings (SSSR count). The van der Waals surface area contributed by atoms with Crippen LogP contribution < -0.4 is 11.1 Å². The van der Waals surface area contributed by atoms with Gasteiger partial charge in [-0.25, -0.2) is 0 Å². The van der Waals surface area contributed by atoms with Gasteiger partial charge < -0.3 is 20.9 Å². The Kier molecular flexibility index (Phi) is 5.79. The van der Waals surface area contributed by atoms with E-state index in [9.17, 15) is 4.79 Å². The molecule has 5 heteroatoms. The Morgan fingerprint density at radius 1 is 1.43 bits per heavy atom. The molecule has 0 amide bonds. The number of nitrogens with one attached hydrogen (secondary N) is 1. The highest BCUT2D eigenvalue weighted by molar-refractivity contribution is 5.73. The van der Waals surface area contributed by atoms with Crippen LogP contribution in [0, 0.1) is 0 Å². The standard InChI is InChI=1S/C16H24N2O3/c1-11(21-16(2,3)4)18-10-13-7-5-6-12(8-13)9-14(17)15(19)20/h5-8,14,18H,1,9-10,17H2,2-4H3,(H,19,20). The van der Waals surface area contributed by atoms with Crippen molar-refractivity contribution < 1.29 is 14.6 Å². The van der Waals surface area contributed by atoms with Crippen molar-refractivity contribution in [3.8, 4) is 0 Å². The zero-order chi connectivity index (χ0) is 16.0.